The Morgan fingerprint density at radius 3 is 3.00 bits per heavy atom. The van der Waals surface area contributed by atoms with Gasteiger partial charge in [0.2, 0.25) is 0 Å². The summed E-state index contributed by atoms with van der Waals surface area (Å²) in [7, 11) is 0. The number of nitrogens with zero attached hydrogens (tertiary/aromatic N) is 3. The number of rotatable bonds is 4. The number of hydrogen-bond donors (Lipinski definition) is 0. The van der Waals surface area contributed by atoms with Crippen LogP contribution in [-0.2, 0) is 4.74 Å². The second-order valence-corrected chi connectivity index (χ2v) is 6.01. The zero-order valence-corrected chi connectivity index (χ0v) is 12.6. The normalized spacial score (nSPS) is 26.3. The number of para-hydroxylation sites is 1. The van der Waals surface area contributed by atoms with E-state index < -0.39 is 0 Å². The quantitative estimate of drug-likeness (QED) is 0.865. The highest BCUT2D eigenvalue weighted by atomic mass is 19.1. The summed E-state index contributed by atoms with van der Waals surface area (Å²) in [4.78, 5) is 10.7. The molecule has 4 rings (SSSR count). The van der Waals surface area contributed by atoms with Gasteiger partial charge in [-0.05, 0) is 12.1 Å². The molecule has 0 radical (unpaired) electrons. The van der Waals surface area contributed by atoms with Crippen LogP contribution in [0.5, 0.6) is 5.75 Å². The van der Waals surface area contributed by atoms with Crippen molar-refractivity contribution in [2.45, 2.75) is 6.10 Å². The van der Waals surface area contributed by atoms with Gasteiger partial charge in [-0.2, -0.15) is 0 Å². The average molecular weight is 315 g/mol. The van der Waals surface area contributed by atoms with E-state index in [0.29, 0.717) is 24.9 Å². The minimum Gasteiger partial charge on any atom is -0.490 e. The van der Waals surface area contributed by atoms with Crippen molar-refractivity contribution in [2.75, 3.05) is 31.2 Å². The molecule has 0 bridgehead atoms. The molecule has 120 valence electrons. The summed E-state index contributed by atoms with van der Waals surface area (Å²) in [5.41, 5.74) is 0. The Labute approximate surface area is 134 Å². The molecule has 6 heteroatoms. The van der Waals surface area contributed by atoms with E-state index in [-0.39, 0.29) is 17.8 Å². The van der Waals surface area contributed by atoms with E-state index in [9.17, 15) is 4.39 Å². The first kappa shape index (κ1) is 14.4. The van der Waals surface area contributed by atoms with E-state index in [1.807, 2.05) is 0 Å². The molecular weight excluding hydrogens is 297 g/mol. The highest BCUT2D eigenvalue weighted by molar-refractivity contribution is 5.38. The van der Waals surface area contributed by atoms with Crippen LogP contribution >= 0.6 is 0 Å². The van der Waals surface area contributed by atoms with Gasteiger partial charge in [0.15, 0.2) is 11.6 Å². The molecule has 0 unspecified atom stereocenters. The predicted molar refractivity (Wildman–Crippen MR) is 82.9 cm³/mol. The summed E-state index contributed by atoms with van der Waals surface area (Å²) < 4.78 is 25.2. The molecule has 2 aliphatic rings. The van der Waals surface area contributed by atoms with Crippen LogP contribution in [0.15, 0.2) is 42.9 Å². The van der Waals surface area contributed by atoms with Crippen LogP contribution in [0.2, 0.25) is 0 Å². The van der Waals surface area contributed by atoms with E-state index in [4.69, 9.17) is 9.47 Å². The van der Waals surface area contributed by atoms with Crippen molar-refractivity contribution in [3.8, 4) is 5.75 Å². The third kappa shape index (κ3) is 2.86. The van der Waals surface area contributed by atoms with Crippen LogP contribution < -0.4 is 9.64 Å². The molecule has 0 N–H and O–H groups in total. The molecule has 2 saturated heterocycles. The van der Waals surface area contributed by atoms with Crippen LogP contribution in [0.4, 0.5) is 10.2 Å². The lowest BCUT2D eigenvalue weighted by Crippen LogP contribution is -2.27. The van der Waals surface area contributed by atoms with E-state index in [0.717, 1.165) is 18.9 Å². The Hall–Kier alpha value is -2.21. The van der Waals surface area contributed by atoms with Gasteiger partial charge in [0, 0.05) is 37.3 Å². The molecule has 0 amide bonds. The average Bonchev–Trinajstić information content (AvgIpc) is 3.16. The minimum absolute atomic E-state index is 0.186. The Balaban J connectivity index is 1.39. The number of hydrogen-bond acceptors (Lipinski definition) is 5. The van der Waals surface area contributed by atoms with Gasteiger partial charge in [-0.25, -0.2) is 9.37 Å². The molecule has 1 aromatic carbocycles. The molecule has 1 aromatic heterocycles. The second-order valence-electron chi connectivity index (χ2n) is 6.01. The number of anilines is 1. The SMILES string of the molecule is Fc1ccccc1OC[C@@H]1CO[C@@H]2CN(c3cnccn3)C[C@@H]12. The Bertz CT molecular complexity index is 670. The maximum Gasteiger partial charge on any atom is 0.165 e. The molecule has 5 nitrogen and oxygen atoms in total. The van der Waals surface area contributed by atoms with Crippen molar-refractivity contribution in [1.29, 1.82) is 0 Å². The minimum atomic E-state index is -0.324. The smallest absolute Gasteiger partial charge is 0.165 e. The van der Waals surface area contributed by atoms with Crippen molar-refractivity contribution < 1.29 is 13.9 Å². The lowest BCUT2D eigenvalue weighted by atomic mass is 9.94. The number of fused-ring (bicyclic) bond motifs is 1. The van der Waals surface area contributed by atoms with Gasteiger partial charge in [0.25, 0.3) is 0 Å². The molecule has 0 spiro atoms. The van der Waals surface area contributed by atoms with Crippen molar-refractivity contribution in [3.63, 3.8) is 0 Å². The van der Waals surface area contributed by atoms with Crippen LogP contribution in [0, 0.1) is 17.7 Å². The van der Waals surface area contributed by atoms with Gasteiger partial charge in [-0.3, -0.25) is 4.98 Å². The van der Waals surface area contributed by atoms with E-state index in [2.05, 4.69) is 14.9 Å². The topological polar surface area (TPSA) is 47.5 Å². The molecule has 0 aliphatic carbocycles. The first-order chi connectivity index (χ1) is 11.3. The van der Waals surface area contributed by atoms with Crippen LogP contribution in [0.1, 0.15) is 0 Å². The largest absolute Gasteiger partial charge is 0.490 e. The third-order valence-corrected chi connectivity index (χ3v) is 4.60. The van der Waals surface area contributed by atoms with Crippen LogP contribution in [0.25, 0.3) is 0 Å². The lowest BCUT2D eigenvalue weighted by molar-refractivity contribution is 0.108. The number of benzene rings is 1. The van der Waals surface area contributed by atoms with Crippen LogP contribution in [-0.4, -0.2) is 42.4 Å². The maximum absolute atomic E-state index is 13.6. The Morgan fingerprint density at radius 1 is 1.26 bits per heavy atom. The fraction of sp³-hybridized carbons (Fsp3) is 0.412. The zero-order chi connectivity index (χ0) is 15.6. The first-order valence-corrected chi connectivity index (χ1v) is 7.81. The van der Waals surface area contributed by atoms with Gasteiger partial charge in [0.05, 0.1) is 25.5 Å². The second kappa shape index (κ2) is 6.12. The highest BCUT2D eigenvalue weighted by Crippen LogP contribution is 2.35. The summed E-state index contributed by atoms with van der Waals surface area (Å²) in [6.45, 7) is 2.82. The zero-order valence-electron chi connectivity index (χ0n) is 12.6. The summed E-state index contributed by atoms with van der Waals surface area (Å²) >= 11 is 0. The summed E-state index contributed by atoms with van der Waals surface area (Å²) in [6, 6.07) is 6.50. The number of aromatic nitrogens is 2. The van der Waals surface area contributed by atoms with E-state index in [1.54, 1.807) is 36.8 Å². The standard InChI is InChI=1S/C17H18FN3O2/c18-14-3-1-2-4-15(14)22-10-12-11-23-16-9-21(8-13(12)16)17-7-19-5-6-20-17/h1-7,12-13,16H,8-11H2/t12-,13+,16-/m1/s1. The summed E-state index contributed by atoms with van der Waals surface area (Å²) in [6.07, 6.45) is 5.32. The van der Waals surface area contributed by atoms with Crippen LogP contribution in [0.3, 0.4) is 0 Å². The van der Waals surface area contributed by atoms with Gasteiger partial charge in [0.1, 0.15) is 5.82 Å². The third-order valence-electron chi connectivity index (χ3n) is 4.60. The molecule has 23 heavy (non-hydrogen) atoms. The van der Waals surface area contributed by atoms with Crippen molar-refractivity contribution in [1.82, 2.24) is 9.97 Å². The molecule has 3 heterocycles. The molecule has 3 atom stereocenters. The predicted octanol–water partition coefficient (Wildman–Crippen LogP) is 2.15. The monoisotopic (exact) mass is 315 g/mol. The van der Waals surface area contributed by atoms with E-state index >= 15 is 0 Å². The van der Waals surface area contributed by atoms with Gasteiger partial charge in [-0.1, -0.05) is 12.1 Å². The molecule has 2 fully saturated rings. The van der Waals surface area contributed by atoms with Gasteiger partial charge in [-0.15, -0.1) is 0 Å². The summed E-state index contributed by atoms with van der Waals surface area (Å²) in [5, 5.41) is 0. The van der Waals surface area contributed by atoms with Crippen molar-refractivity contribution in [3.05, 3.63) is 48.7 Å². The Morgan fingerprint density at radius 2 is 2.17 bits per heavy atom. The highest BCUT2D eigenvalue weighted by Gasteiger charge is 2.44. The van der Waals surface area contributed by atoms with Crippen molar-refractivity contribution in [2.24, 2.45) is 11.8 Å². The first-order valence-electron chi connectivity index (χ1n) is 7.81. The maximum atomic E-state index is 13.6. The molecule has 0 saturated carbocycles. The number of halogens is 1. The fourth-order valence-electron chi connectivity index (χ4n) is 3.37. The lowest BCUT2D eigenvalue weighted by Gasteiger charge is -2.20. The van der Waals surface area contributed by atoms with Crippen molar-refractivity contribution >= 4 is 5.82 Å². The van der Waals surface area contributed by atoms with Gasteiger partial charge >= 0.3 is 0 Å². The Kier molecular flexibility index (Phi) is 3.83. The molecule has 2 aliphatic heterocycles. The molecular formula is C17H18FN3O2. The fourth-order valence-corrected chi connectivity index (χ4v) is 3.37. The molecule has 2 aromatic rings. The van der Waals surface area contributed by atoms with E-state index in [1.165, 1.54) is 6.07 Å². The van der Waals surface area contributed by atoms with Gasteiger partial charge < -0.3 is 14.4 Å². The number of ether oxygens (including phenoxy) is 2. The summed E-state index contributed by atoms with van der Waals surface area (Å²) in [5.74, 6) is 1.50.